The Morgan fingerprint density at radius 2 is 2.12 bits per heavy atom. The third-order valence-electron chi connectivity index (χ3n) is 1.79. The van der Waals surface area contributed by atoms with Crippen molar-refractivity contribution in [2.45, 2.75) is 0 Å². The fraction of sp³-hybridized carbons (Fsp3) is 0. The number of nitrogens with two attached hydrogens (primary N) is 2. The second kappa shape index (κ2) is 4.35. The zero-order valence-electron chi connectivity index (χ0n) is 7.78. The number of nitrogen functional groups attached to an aromatic ring is 1. The molecule has 6 nitrogen and oxygen atoms in total. The summed E-state index contributed by atoms with van der Waals surface area (Å²) in [5, 5.41) is 19.8. The van der Waals surface area contributed by atoms with Crippen molar-refractivity contribution in [3.8, 4) is 0 Å². The minimum atomic E-state index is -0.966. The smallest absolute Gasteiger partial charge is 0.356 e. The van der Waals surface area contributed by atoms with Gasteiger partial charge in [0, 0.05) is 11.3 Å². The predicted molar refractivity (Wildman–Crippen MR) is 59.2 cm³/mol. The van der Waals surface area contributed by atoms with Crippen LogP contribution >= 0.6 is 15.9 Å². The maximum atomic E-state index is 13.0. The van der Waals surface area contributed by atoms with Crippen LogP contribution in [-0.2, 0) is 0 Å². The highest BCUT2D eigenvalue weighted by Crippen LogP contribution is 2.27. The molecule has 1 aromatic carbocycles. The molecule has 0 fully saturated rings. The SMILES string of the molecule is N/C(=C(/O)c1cc(Br)c(F)cc1N)[N+](=O)[O-]. The Balaban J connectivity index is 3.40. The molecule has 1 aromatic rings. The number of benzene rings is 1. The summed E-state index contributed by atoms with van der Waals surface area (Å²) in [6.45, 7) is 0. The second-order valence-corrected chi connectivity index (χ2v) is 3.70. The molecule has 0 unspecified atom stereocenters. The van der Waals surface area contributed by atoms with E-state index in [9.17, 15) is 19.6 Å². The molecule has 8 heteroatoms. The molecule has 1 rings (SSSR count). The van der Waals surface area contributed by atoms with Gasteiger partial charge in [0.25, 0.3) is 0 Å². The molecular weight excluding hydrogens is 285 g/mol. The van der Waals surface area contributed by atoms with Crippen molar-refractivity contribution < 1.29 is 14.4 Å². The lowest BCUT2D eigenvalue weighted by Gasteiger charge is -2.06. The Morgan fingerprint density at radius 1 is 1.56 bits per heavy atom. The molecule has 0 radical (unpaired) electrons. The van der Waals surface area contributed by atoms with Crippen LogP contribution in [0, 0.1) is 15.9 Å². The van der Waals surface area contributed by atoms with E-state index in [1.54, 1.807) is 0 Å². The molecule has 0 spiro atoms. The Hall–Kier alpha value is -1.83. The number of aliphatic hydroxyl groups is 1. The van der Waals surface area contributed by atoms with E-state index < -0.39 is 22.3 Å². The number of nitrogens with zero attached hydrogens (tertiary/aromatic N) is 1. The monoisotopic (exact) mass is 291 g/mol. The van der Waals surface area contributed by atoms with Gasteiger partial charge in [0.2, 0.25) is 5.76 Å². The Kier molecular flexibility index (Phi) is 3.33. The van der Waals surface area contributed by atoms with Gasteiger partial charge >= 0.3 is 5.82 Å². The maximum Gasteiger partial charge on any atom is 0.356 e. The van der Waals surface area contributed by atoms with Gasteiger partial charge in [-0.2, -0.15) is 0 Å². The summed E-state index contributed by atoms with van der Waals surface area (Å²) in [6.07, 6.45) is 0. The Morgan fingerprint density at radius 3 is 2.62 bits per heavy atom. The summed E-state index contributed by atoms with van der Waals surface area (Å²) in [5.74, 6) is -2.40. The first kappa shape index (κ1) is 12.2. The minimum absolute atomic E-state index is 0.0133. The molecule has 16 heavy (non-hydrogen) atoms. The van der Waals surface area contributed by atoms with E-state index in [0.29, 0.717) is 0 Å². The largest absolute Gasteiger partial charge is 0.501 e. The van der Waals surface area contributed by atoms with Crippen LogP contribution in [0.15, 0.2) is 22.4 Å². The molecule has 0 aliphatic heterocycles. The van der Waals surface area contributed by atoms with Crippen LogP contribution in [0.1, 0.15) is 5.56 Å². The first-order valence-corrected chi connectivity index (χ1v) is 4.72. The number of anilines is 1. The highest BCUT2D eigenvalue weighted by molar-refractivity contribution is 9.10. The zero-order valence-corrected chi connectivity index (χ0v) is 9.36. The quantitative estimate of drug-likeness (QED) is 0.331. The van der Waals surface area contributed by atoms with Crippen LogP contribution in [-0.4, -0.2) is 10.0 Å². The summed E-state index contributed by atoms with van der Waals surface area (Å²) in [6, 6.07) is 2.03. The normalized spacial score (nSPS) is 12.1. The van der Waals surface area contributed by atoms with Crippen molar-refractivity contribution in [2.24, 2.45) is 5.73 Å². The molecular formula is C8H7BrFN3O3. The van der Waals surface area contributed by atoms with E-state index >= 15 is 0 Å². The van der Waals surface area contributed by atoms with E-state index in [-0.39, 0.29) is 15.7 Å². The maximum absolute atomic E-state index is 13.0. The van der Waals surface area contributed by atoms with E-state index in [1.165, 1.54) is 0 Å². The van der Waals surface area contributed by atoms with Crippen LogP contribution in [0.3, 0.4) is 0 Å². The van der Waals surface area contributed by atoms with Crippen molar-refractivity contribution in [3.63, 3.8) is 0 Å². The van der Waals surface area contributed by atoms with Gasteiger partial charge in [-0.25, -0.2) is 4.39 Å². The van der Waals surface area contributed by atoms with Crippen molar-refractivity contribution in [1.29, 1.82) is 0 Å². The van der Waals surface area contributed by atoms with E-state index in [4.69, 9.17) is 11.5 Å². The Labute approximate surface area is 97.6 Å². The topological polar surface area (TPSA) is 115 Å². The predicted octanol–water partition coefficient (Wildman–Crippen LogP) is 1.59. The average molecular weight is 292 g/mol. The molecule has 0 aliphatic carbocycles. The first-order valence-electron chi connectivity index (χ1n) is 3.92. The lowest BCUT2D eigenvalue weighted by molar-refractivity contribution is -0.426. The summed E-state index contributed by atoms with van der Waals surface area (Å²) < 4.78 is 13.0. The first-order chi connectivity index (χ1) is 7.34. The third kappa shape index (κ3) is 2.22. The highest BCUT2D eigenvalue weighted by atomic mass is 79.9. The number of rotatable bonds is 2. The van der Waals surface area contributed by atoms with Gasteiger partial charge in [-0.15, -0.1) is 0 Å². The molecule has 0 heterocycles. The van der Waals surface area contributed by atoms with E-state index in [2.05, 4.69) is 15.9 Å². The zero-order chi connectivity index (χ0) is 12.5. The van der Waals surface area contributed by atoms with Crippen molar-refractivity contribution >= 4 is 27.4 Å². The summed E-state index contributed by atoms with van der Waals surface area (Å²) >= 11 is 2.86. The molecule has 0 amide bonds. The van der Waals surface area contributed by atoms with E-state index in [1.807, 2.05) is 0 Å². The standard InChI is InChI=1S/C8H7BrFN3O3/c9-4-1-3(6(11)2-5(4)10)7(14)8(12)13(15)16/h1-2,14H,11-12H2/b8-7-. The highest BCUT2D eigenvalue weighted by Gasteiger charge is 2.17. The van der Waals surface area contributed by atoms with Gasteiger partial charge in [0.1, 0.15) is 5.82 Å². The van der Waals surface area contributed by atoms with Gasteiger partial charge < -0.3 is 21.0 Å². The third-order valence-corrected chi connectivity index (χ3v) is 2.39. The van der Waals surface area contributed by atoms with Gasteiger partial charge in [0.05, 0.1) is 4.47 Å². The molecule has 0 saturated heterocycles. The van der Waals surface area contributed by atoms with Gasteiger partial charge in [-0.05, 0) is 33.0 Å². The number of halogens is 2. The fourth-order valence-electron chi connectivity index (χ4n) is 0.992. The molecule has 0 bridgehead atoms. The van der Waals surface area contributed by atoms with Crippen molar-refractivity contribution in [2.75, 3.05) is 5.73 Å². The number of hydrogen-bond donors (Lipinski definition) is 3. The summed E-state index contributed by atoms with van der Waals surface area (Å²) in [7, 11) is 0. The molecule has 5 N–H and O–H groups in total. The van der Waals surface area contributed by atoms with Gasteiger partial charge in [-0.1, -0.05) is 0 Å². The Bertz CT molecular complexity index is 490. The molecule has 86 valence electrons. The lowest BCUT2D eigenvalue weighted by Crippen LogP contribution is -2.12. The second-order valence-electron chi connectivity index (χ2n) is 2.84. The number of nitro groups is 1. The van der Waals surface area contributed by atoms with Crippen LogP contribution in [0.25, 0.3) is 5.76 Å². The van der Waals surface area contributed by atoms with Crippen molar-refractivity contribution in [3.05, 3.63) is 43.9 Å². The lowest BCUT2D eigenvalue weighted by atomic mass is 10.1. The minimum Gasteiger partial charge on any atom is -0.501 e. The van der Waals surface area contributed by atoms with Crippen LogP contribution in [0.5, 0.6) is 0 Å². The van der Waals surface area contributed by atoms with Crippen LogP contribution in [0.4, 0.5) is 10.1 Å². The summed E-state index contributed by atoms with van der Waals surface area (Å²) in [5.41, 5.74) is 10.2. The molecule has 0 aliphatic rings. The van der Waals surface area contributed by atoms with E-state index in [0.717, 1.165) is 12.1 Å². The number of hydrogen-bond acceptors (Lipinski definition) is 5. The number of aliphatic hydroxyl groups excluding tert-OH is 1. The molecule has 0 aromatic heterocycles. The molecule has 0 saturated carbocycles. The van der Waals surface area contributed by atoms with Gasteiger partial charge in [-0.3, -0.25) is 5.73 Å². The average Bonchev–Trinajstić information content (AvgIpc) is 2.21. The summed E-state index contributed by atoms with van der Waals surface area (Å²) in [4.78, 5) is 9.35. The fourth-order valence-corrected chi connectivity index (χ4v) is 1.34. The van der Waals surface area contributed by atoms with Crippen molar-refractivity contribution in [1.82, 2.24) is 0 Å². The molecule has 0 atom stereocenters. The van der Waals surface area contributed by atoms with Gasteiger partial charge in [0.15, 0.2) is 0 Å². The van der Waals surface area contributed by atoms with Crippen LogP contribution < -0.4 is 11.5 Å². The van der Waals surface area contributed by atoms with Crippen LogP contribution in [0.2, 0.25) is 0 Å².